The van der Waals surface area contributed by atoms with E-state index in [0.29, 0.717) is 5.41 Å². The summed E-state index contributed by atoms with van der Waals surface area (Å²) in [7, 11) is 0. The van der Waals surface area contributed by atoms with E-state index in [4.69, 9.17) is 0 Å². The fraction of sp³-hybridized carbons (Fsp3) is 0.500. The molecule has 1 spiro atoms. The lowest BCUT2D eigenvalue weighted by atomic mass is 10.1. The monoisotopic (exact) mass is 286 g/mol. The van der Waals surface area contributed by atoms with Gasteiger partial charge in [0.2, 0.25) is 0 Å². The van der Waals surface area contributed by atoms with Gasteiger partial charge in [0, 0.05) is 42.0 Å². The van der Waals surface area contributed by atoms with Gasteiger partial charge in [0.1, 0.15) is 0 Å². The second-order valence-corrected chi connectivity index (χ2v) is 5.86. The Bertz CT molecular complexity index is 515. The third-order valence-electron chi connectivity index (χ3n) is 4.25. The van der Waals surface area contributed by atoms with Gasteiger partial charge in [-0.3, -0.25) is 4.79 Å². The predicted molar refractivity (Wildman–Crippen MR) is 88.8 cm³/mol. The molecular formula is C18H26N2O. The molecule has 1 N–H and O–H groups in total. The average Bonchev–Trinajstić information content (AvgIpc) is 3.29. The zero-order valence-electron chi connectivity index (χ0n) is 13.4. The van der Waals surface area contributed by atoms with E-state index in [9.17, 15) is 4.79 Å². The standard InChI is InChI=1S/C16H20N2O.C2H6/c1-12-9-17-10-16(7-8-16)11-18(12)15-5-3-14(4-6-15)13(2)19;1-2/h3-6,17H,1,7-11H2,2H3;1-2H3. The van der Waals surface area contributed by atoms with Crippen LogP contribution in [0.1, 0.15) is 44.0 Å². The van der Waals surface area contributed by atoms with Crippen LogP contribution in [0.25, 0.3) is 0 Å². The van der Waals surface area contributed by atoms with E-state index < -0.39 is 0 Å². The number of carbonyl (C=O) groups is 1. The molecule has 0 unspecified atom stereocenters. The van der Waals surface area contributed by atoms with Crippen molar-refractivity contribution in [1.29, 1.82) is 0 Å². The highest BCUT2D eigenvalue weighted by Gasteiger charge is 2.45. The molecule has 3 nitrogen and oxygen atoms in total. The van der Waals surface area contributed by atoms with Crippen molar-refractivity contribution in [2.75, 3.05) is 24.5 Å². The molecule has 0 radical (unpaired) electrons. The molecule has 2 aliphatic rings. The van der Waals surface area contributed by atoms with E-state index in [2.05, 4.69) is 16.8 Å². The number of benzene rings is 1. The third-order valence-corrected chi connectivity index (χ3v) is 4.25. The lowest BCUT2D eigenvalue weighted by Crippen LogP contribution is -2.29. The molecule has 1 aliphatic heterocycles. The molecule has 1 heterocycles. The summed E-state index contributed by atoms with van der Waals surface area (Å²) in [5, 5.41) is 3.48. The minimum Gasteiger partial charge on any atom is -0.344 e. The highest BCUT2D eigenvalue weighted by atomic mass is 16.1. The Morgan fingerprint density at radius 3 is 2.38 bits per heavy atom. The number of nitrogens with one attached hydrogen (secondary N) is 1. The van der Waals surface area contributed by atoms with Crippen molar-refractivity contribution in [3.8, 4) is 0 Å². The van der Waals surface area contributed by atoms with Crippen LogP contribution in [0.3, 0.4) is 0 Å². The maximum atomic E-state index is 11.3. The van der Waals surface area contributed by atoms with Gasteiger partial charge in [0.05, 0.1) is 0 Å². The molecule has 21 heavy (non-hydrogen) atoms. The number of hydrogen-bond donors (Lipinski definition) is 1. The second-order valence-electron chi connectivity index (χ2n) is 5.86. The maximum absolute atomic E-state index is 11.3. The summed E-state index contributed by atoms with van der Waals surface area (Å²) < 4.78 is 0. The fourth-order valence-corrected chi connectivity index (χ4v) is 2.73. The molecule has 1 saturated carbocycles. The number of ketones is 1. The van der Waals surface area contributed by atoms with Gasteiger partial charge in [0.15, 0.2) is 5.78 Å². The van der Waals surface area contributed by atoms with Gasteiger partial charge in [-0.2, -0.15) is 0 Å². The van der Waals surface area contributed by atoms with E-state index in [-0.39, 0.29) is 5.78 Å². The third kappa shape index (κ3) is 3.53. The Hall–Kier alpha value is -1.61. The van der Waals surface area contributed by atoms with Gasteiger partial charge in [-0.25, -0.2) is 0 Å². The Balaban J connectivity index is 0.000000774. The first-order chi connectivity index (χ1) is 10.1. The van der Waals surface area contributed by atoms with Crippen molar-refractivity contribution in [2.45, 2.75) is 33.6 Å². The largest absolute Gasteiger partial charge is 0.344 e. The molecule has 0 aromatic heterocycles. The summed E-state index contributed by atoms with van der Waals surface area (Å²) >= 11 is 0. The van der Waals surface area contributed by atoms with Crippen molar-refractivity contribution in [2.24, 2.45) is 5.41 Å². The summed E-state index contributed by atoms with van der Waals surface area (Å²) in [5.74, 6) is 0.113. The molecule has 0 amide bonds. The summed E-state index contributed by atoms with van der Waals surface area (Å²) in [5.41, 5.74) is 3.46. The van der Waals surface area contributed by atoms with E-state index in [0.717, 1.165) is 36.6 Å². The topological polar surface area (TPSA) is 32.3 Å². The minimum atomic E-state index is 0.113. The van der Waals surface area contributed by atoms with Gasteiger partial charge in [-0.1, -0.05) is 20.4 Å². The number of nitrogens with zero attached hydrogens (tertiary/aromatic N) is 1. The number of rotatable bonds is 2. The number of anilines is 1. The first-order valence-corrected chi connectivity index (χ1v) is 7.87. The van der Waals surface area contributed by atoms with Crippen LogP contribution in [0.15, 0.2) is 36.5 Å². The Kier molecular flexibility index (Phi) is 4.84. The second kappa shape index (κ2) is 6.44. The van der Waals surface area contributed by atoms with Crippen LogP contribution in [0, 0.1) is 5.41 Å². The number of Topliss-reactive ketones (excluding diaryl/α,β-unsaturated/α-hetero) is 1. The van der Waals surface area contributed by atoms with E-state index in [1.54, 1.807) is 6.92 Å². The fourth-order valence-electron chi connectivity index (χ4n) is 2.73. The van der Waals surface area contributed by atoms with Crippen molar-refractivity contribution in [3.63, 3.8) is 0 Å². The van der Waals surface area contributed by atoms with Crippen molar-refractivity contribution >= 4 is 11.5 Å². The van der Waals surface area contributed by atoms with Gasteiger partial charge in [-0.05, 0) is 44.0 Å². The molecule has 3 rings (SSSR count). The van der Waals surface area contributed by atoms with Gasteiger partial charge in [-0.15, -0.1) is 0 Å². The smallest absolute Gasteiger partial charge is 0.159 e. The summed E-state index contributed by atoms with van der Waals surface area (Å²) in [4.78, 5) is 13.6. The normalized spacial score (nSPS) is 19.6. The van der Waals surface area contributed by atoms with Crippen LogP contribution in [-0.4, -0.2) is 25.4 Å². The van der Waals surface area contributed by atoms with Crippen LogP contribution >= 0.6 is 0 Å². The van der Waals surface area contributed by atoms with Crippen LogP contribution < -0.4 is 10.2 Å². The first-order valence-electron chi connectivity index (χ1n) is 7.87. The first kappa shape index (κ1) is 15.8. The Morgan fingerprint density at radius 1 is 1.24 bits per heavy atom. The molecule has 2 fully saturated rings. The van der Waals surface area contributed by atoms with Crippen molar-refractivity contribution < 1.29 is 4.79 Å². The van der Waals surface area contributed by atoms with Crippen molar-refractivity contribution in [1.82, 2.24) is 5.32 Å². The van der Waals surface area contributed by atoms with Crippen LogP contribution in [0.4, 0.5) is 5.69 Å². The van der Waals surface area contributed by atoms with Crippen molar-refractivity contribution in [3.05, 3.63) is 42.1 Å². The van der Waals surface area contributed by atoms with E-state index in [1.807, 2.05) is 38.1 Å². The van der Waals surface area contributed by atoms with Gasteiger partial charge < -0.3 is 10.2 Å². The predicted octanol–water partition coefficient (Wildman–Crippen LogP) is 3.62. The molecular weight excluding hydrogens is 260 g/mol. The molecule has 1 aromatic carbocycles. The zero-order chi connectivity index (χ0) is 15.5. The molecule has 3 heteroatoms. The lowest BCUT2D eigenvalue weighted by molar-refractivity contribution is 0.101. The SMILES string of the molecule is C=C1CNCC2(CC2)CN1c1ccc(C(C)=O)cc1.CC. The van der Waals surface area contributed by atoms with E-state index in [1.165, 1.54) is 12.8 Å². The average molecular weight is 286 g/mol. The summed E-state index contributed by atoms with van der Waals surface area (Å²) in [6, 6.07) is 7.87. The number of hydrogen-bond acceptors (Lipinski definition) is 3. The lowest BCUT2D eigenvalue weighted by Gasteiger charge is -2.27. The molecule has 0 bridgehead atoms. The quantitative estimate of drug-likeness (QED) is 0.843. The maximum Gasteiger partial charge on any atom is 0.159 e. The van der Waals surface area contributed by atoms with Crippen LogP contribution in [-0.2, 0) is 0 Å². The van der Waals surface area contributed by atoms with E-state index >= 15 is 0 Å². The van der Waals surface area contributed by atoms with Gasteiger partial charge >= 0.3 is 0 Å². The summed E-state index contributed by atoms with van der Waals surface area (Å²) in [6.07, 6.45) is 2.60. The summed E-state index contributed by atoms with van der Waals surface area (Å²) in [6.45, 7) is 12.8. The zero-order valence-corrected chi connectivity index (χ0v) is 13.4. The molecule has 1 aliphatic carbocycles. The number of carbonyl (C=O) groups excluding carboxylic acids is 1. The molecule has 1 aromatic rings. The minimum absolute atomic E-state index is 0.113. The Morgan fingerprint density at radius 2 is 1.86 bits per heavy atom. The molecule has 114 valence electrons. The molecule has 1 saturated heterocycles. The van der Waals surface area contributed by atoms with Crippen LogP contribution in [0.2, 0.25) is 0 Å². The molecule has 0 atom stereocenters. The van der Waals surface area contributed by atoms with Crippen LogP contribution in [0.5, 0.6) is 0 Å². The highest BCUT2D eigenvalue weighted by molar-refractivity contribution is 5.94. The highest BCUT2D eigenvalue weighted by Crippen LogP contribution is 2.47. The van der Waals surface area contributed by atoms with Gasteiger partial charge in [0.25, 0.3) is 0 Å². The Labute approximate surface area is 128 Å².